The molecule has 2 aromatic carbocycles. The number of thiophene rings is 1. The van der Waals surface area contributed by atoms with Crippen LogP contribution >= 0.6 is 11.3 Å². The van der Waals surface area contributed by atoms with E-state index in [0.717, 1.165) is 22.8 Å². The maximum atomic E-state index is 12.4. The fourth-order valence-corrected chi connectivity index (χ4v) is 4.24. The molecular weight excluding hydrogens is 346 g/mol. The summed E-state index contributed by atoms with van der Waals surface area (Å²) in [5.41, 5.74) is 2.12. The summed E-state index contributed by atoms with van der Waals surface area (Å²) in [7, 11) is 0. The van der Waals surface area contributed by atoms with Crippen LogP contribution in [0.3, 0.4) is 0 Å². The van der Waals surface area contributed by atoms with Crippen LogP contribution in [0.4, 0.5) is 0 Å². The first-order valence-corrected chi connectivity index (χ1v) is 9.54. The minimum absolute atomic E-state index is 0.131. The largest absolute Gasteiger partial charge is 0.455 e. The van der Waals surface area contributed by atoms with Crippen molar-refractivity contribution in [3.8, 4) is 0 Å². The number of carbonyl (C=O) groups is 2. The summed E-state index contributed by atoms with van der Waals surface area (Å²) in [6.45, 7) is 1.11. The Morgan fingerprint density at radius 2 is 1.92 bits per heavy atom. The predicted octanol–water partition coefficient (Wildman–Crippen LogP) is 3.57. The van der Waals surface area contributed by atoms with Gasteiger partial charge in [-0.05, 0) is 39.8 Å². The van der Waals surface area contributed by atoms with E-state index in [1.165, 1.54) is 10.4 Å². The molecule has 132 valence electrons. The van der Waals surface area contributed by atoms with Gasteiger partial charge in [0.25, 0.3) is 5.91 Å². The second kappa shape index (κ2) is 7.30. The molecule has 1 aliphatic rings. The van der Waals surface area contributed by atoms with Crippen molar-refractivity contribution < 1.29 is 14.3 Å². The third kappa shape index (κ3) is 3.48. The van der Waals surface area contributed by atoms with Gasteiger partial charge in [-0.1, -0.05) is 42.5 Å². The van der Waals surface area contributed by atoms with Crippen LogP contribution in [-0.4, -0.2) is 29.9 Å². The van der Waals surface area contributed by atoms with Crippen molar-refractivity contribution in [2.45, 2.75) is 19.4 Å². The smallest absolute Gasteiger partial charge is 0.310 e. The van der Waals surface area contributed by atoms with Gasteiger partial charge in [-0.3, -0.25) is 9.59 Å². The van der Waals surface area contributed by atoms with E-state index >= 15 is 0 Å². The molecule has 1 aromatic heterocycles. The first-order valence-electron chi connectivity index (χ1n) is 8.66. The van der Waals surface area contributed by atoms with Crippen molar-refractivity contribution in [3.63, 3.8) is 0 Å². The molecule has 0 aliphatic carbocycles. The fraction of sp³-hybridized carbons (Fsp3) is 0.238. The van der Waals surface area contributed by atoms with Gasteiger partial charge in [-0.25, -0.2) is 0 Å². The number of fused-ring (bicyclic) bond motifs is 2. The average molecular weight is 365 g/mol. The minimum Gasteiger partial charge on any atom is -0.455 e. The second-order valence-electron chi connectivity index (χ2n) is 6.41. The Bertz CT molecular complexity index is 957. The summed E-state index contributed by atoms with van der Waals surface area (Å²) in [5, 5.41) is 4.19. The molecule has 26 heavy (non-hydrogen) atoms. The molecule has 3 aromatic rings. The Labute approximate surface area is 156 Å². The molecule has 1 amide bonds. The summed E-state index contributed by atoms with van der Waals surface area (Å²) in [6.07, 6.45) is 1.05. The highest BCUT2D eigenvalue weighted by Crippen LogP contribution is 2.24. The maximum absolute atomic E-state index is 12.4. The number of ether oxygens (including phenoxy) is 1. The highest BCUT2D eigenvalue weighted by atomic mass is 32.1. The maximum Gasteiger partial charge on any atom is 0.310 e. The fourth-order valence-electron chi connectivity index (χ4n) is 3.35. The standard InChI is InChI=1S/C21H19NO3S/c23-20(22-10-8-19-17(13-22)9-11-26-19)14-25-21(24)12-16-6-3-5-15-4-1-2-7-18(15)16/h1-7,9,11H,8,10,12-14H2. The number of esters is 1. The van der Waals surface area contributed by atoms with Gasteiger partial charge >= 0.3 is 5.97 Å². The average Bonchev–Trinajstić information content (AvgIpc) is 3.14. The Balaban J connectivity index is 1.35. The lowest BCUT2D eigenvalue weighted by Crippen LogP contribution is -2.38. The van der Waals surface area contributed by atoms with E-state index in [2.05, 4.69) is 11.4 Å². The number of nitrogens with zero attached hydrogens (tertiary/aromatic N) is 1. The third-order valence-corrected chi connectivity index (χ3v) is 5.75. The topological polar surface area (TPSA) is 46.6 Å². The van der Waals surface area contributed by atoms with Crippen LogP contribution in [0.1, 0.15) is 16.0 Å². The molecule has 1 aliphatic heterocycles. The van der Waals surface area contributed by atoms with Crippen LogP contribution in [-0.2, 0) is 33.7 Å². The molecule has 0 unspecified atom stereocenters. The normalized spacial score (nSPS) is 13.5. The lowest BCUT2D eigenvalue weighted by molar-refractivity contribution is -0.151. The van der Waals surface area contributed by atoms with Gasteiger partial charge < -0.3 is 9.64 Å². The van der Waals surface area contributed by atoms with Crippen LogP contribution in [0.2, 0.25) is 0 Å². The molecule has 0 spiro atoms. The van der Waals surface area contributed by atoms with E-state index in [-0.39, 0.29) is 24.9 Å². The van der Waals surface area contributed by atoms with Gasteiger partial charge in [0, 0.05) is 18.0 Å². The van der Waals surface area contributed by atoms with Crippen molar-refractivity contribution in [3.05, 3.63) is 69.9 Å². The molecule has 2 heterocycles. The van der Waals surface area contributed by atoms with E-state index in [4.69, 9.17) is 4.74 Å². The van der Waals surface area contributed by atoms with Crippen molar-refractivity contribution in [1.29, 1.82) is 0 Å². The molecule has 0 atom stereocenters. The summed E-state index contributed by atoms with van der Waals surface area (Å²) in [4.78, 5) is 27.7. The van der Waals surface area contributed by atoms with Gasteiger partial charge in [0.2, 0.25) is 0 Å². The number of carbonyl (C=O) groups excluding carboxylic acids is 2. The summed E-state index contributed by atoms with van der Waals surface area (Å²) in [6, 6.07) is 15.9. The number of benzene rings is 2. The zero-order valence-corrected chi connectivity index (χ0v) is 15.1. The van der Waals surface area contributed by atoms with Crippen LogP contribution in [0, 0.1) is 0 Å². The quantitative estimate of drug-likeness (QED) is 0.664. The van der Waals surface area contributed by atoms with Crippen molar-refractivity contribution in [2.24, 2.45) is 0 Å². The van der Waals surface area contributed by atoms with Crippen LogP contribution in [0.5, 0.6) is 0 Å². The first kappa shape index (κ1) is 16.8. The summed E-state index contributed by atoms with van der Waals surface area (Å²) < 4.78 is 5.25. The van der Waals surface area contributed by atoms with Gasteiger partial charge in [-0.15, -0.1) is 11.3 Å². The predicted molar refractivity (Wildman–Crippen MR) is 102 cm³/mol. The zero-order valence-electron chi connectivity index (χ0n) is 14.3. The molecule has 4 rings (SSSR count). The number of hydrogen-bond acceptors (Lipinski definition) is 4. The zero-order chi connectivity index (χ0) is 17.9. The number of amides is 1. The summed E-state index contributed by atoms with van der Waals surface area (Å²) in [5.74, 6) is -0.504. The van der Waals surface area contributed by atoms with E-state index in [1.54, 1.807) is 16.2 Å². The molecule has 4 nitrogen and oxygen atoms in total. The Kier molecular flexibility index (Phi) is 4.71. The van der Waals surface area contributed by atoms with Crippen LogP contribution < -0.4 is 0 Å². The minimum atomic E-state index is -0.372. The molecule has 0 bridgehead atoms. The Hall–Kier alpha value is -2.66. The monoisotopic (exact) mass is 365 g/mol. The van der Waals surface area contributed by atoms with Gasteiger partial charge in [-0.2, -0.15) is 0 Å². The Morgan fingerprint density at radius 1 is 1.08 bits per heavy atom. The van der Waals surface area contributed by atoms with Crippen molar-refractivity contribution in [1.82, 2.24) is 4.90 Å². The molecule has 0 N–H and O–H groups in total. The molecule has 0 saturated carbocycles. The van der Waals surface area contributed by atoms with E-state index in [9.17, 15) is 9.59 Å². The highest BCUT2D eigenvalue weighted by Gasteiger charge is 2.22. The van der Waals surface area contributed by atoms with Gasteiger partial charge in [0.15, 0.2) is 6.61 Å². The van der Waals surface area contributed by atoms with E-state index < -0.39 is 0 Å². The molecule has 5 heteroatoms. The molecule has 0 saturated heterocycles. The lowest BCUT2D eigenvalue weighted by Gasteiger charge is -2.26. The third-order valence-electron chi connectivity index (χ3n) is 4.73. The summed E-state index contributed by atoms with van der Waals surface area (Å²) >= 11 is 1.74. The lowest BCUT2D eigenvalue weighted by atomic mass is 10.0. The van der Waals surface area contributed by atoms with Crippen molar-refractivity contribution >= 4 is 34.0 Å². The molecule has 0 fully saturated rings. The Morgan fingerprint density at radius 3 is 2.85 bits per heavy atom. The highest BCUT2D eigenvalue weighted by molar-refractivity contribution is 7.10. The van der Waals surface area contributed by atoms with Crippen LogP contribution in [0.15, 0.2) is 53.9 Å². The van der Waals surface area contributed by atoms with Crippen LogP contribution in [0.25, 0.3) is 10.8 Å². The van der Waals surface area contributed by atoms with Crippen molar-refractivity contribution in [2.75, 3.05) is 13.2 Å². The SMILES string of the molecule is O=C(Cc1cccc2ccccc12)OCC(=O)N1CCc2sccc2C1. The number of rotatable bonds is 4. The first-order chi connectivity index (χ1) is 12.7. The number of hydrogen-bond donors (Lipinski definition) is 0. The second-order valence-corrected chi connectivity index (χ2v) is 7.41. The molecular formula is C21H19NO3S. The van der Waals surface area contributed by atoms with Gasteiger partial charge in [0.1, 0.15) is 0 Å². The van der Waals surface area contributed by atoms with E-state index in [1.807, 2.05) is 42.5 Å². The van der Waals surface area contributed by atoms with E-state index in [0.29, 0.717) is 13.1 Å². The van der Waals surface area contributed by atoms with Gasteiger partial charge in [0.05, 0.1) is 6.42 Å². The molecule has 0 radical (unpaired) electrons.